The van der Waals surface area contributed by atoms with Crippen LogP contribution in [0.1, 0.15) is 27.7 Å². The molecule has 29 heavy (non-hydrogen) atoms. The van der Waals surface area contributed by atoms with E-state index in [9.17, 15) is 13.2 Å². The lowest BCUT2D eigenvalue weighted by Crippen LogP contribution is -3.16. The zero-order valence-corrected chi connectivity index (χ0v) is 19.2. The summed E-state index contributed by atoms with van der Waals surface area (Å²) >= 11 is 0. The highest BCUT2D eigenvalue weighted by Gasteiger charge is 2.28. The van der Waals surface area contributed by atoms with Gasteiger partial charge in [-0.25, -0.2) is 8.42 Å². The summed E-state index contributed by atoms with van der Waals surface area (Å²) in [6.45, 7) is 10.3. The Balaban J connectivity index is 2.24. The third-order valence-corrected chi connectivity index (χ3v) is 7.14. The van der Waals surface area contributed by atoms with Gasteiger partial charge in [-0.15, -0.1) is 0 Å². The number of carbonyl (C=O) groups excluding carboxylic acids is 1. The third kappa shape index (κ3) is 5.91. The quantitative estimate of drug-likeness (QED) is 0.628. The molecular weight excluding hydrogens is 392 g/mol. The van der Waals surface area contributed by atoms with E-state index in [2.05, 4.69) is 5.32 Å². The SMILES string of the molecule is CCN(CC)S(=O)(=O)c1ccc(N(C)C)c(NC(=O)C[NH+]2C[C@@H](C)O[C@H](C)C2)c1. The van der Waals surface area contributed by atoms with Gasteiger partial charge in [0.05, 0.1) is 16.3 Å². The molecule has 1 amide bonds. The zero-order chi connectivity index (χ0) is 21.8. The van der Waals surface area contributed by atoms with Crippen LogP contribution in [-0.4, -0.2) is 77.7 Å². The molecule has 1 saturated heterocycles. The molecule has 1 aromatic rings. The van der Waals surface area contributed by atoms with Crippen LogP contribution >= 0.6 is 0 Å². The first-order chi connectivity index (χ1) is 13.6. The number of nitrogens with one attached hydrogen (secondary N) is 2. The number of ether oxygens (including phenoxy) is 1. The number of sulfonamides is 1. The van der Waals surface area contributed by atoms with Crippen molar-refractivity contribution < 1.29 is 22.8 Å². The smallest absolute Gasteiger partial charge is 0.279 e. The maximum atomic E-state index is 12.9. The van der Waals surface area contributed by atoms with E-state index >= 15 is 0 Å². The fraction of sp³-hybridized carbons (Fsp3) is 0.650. The fourth-order valence-electron chi connectivity index (χ4n) is 3.83. The first-order valence-electron chi connectivity index (χ1n) is 10.2. The minimum absolute atomic E-state index is 0.112. The lowest BCUT2D eigenvalue weighted by atomic mass is 10.2. The Hall–Kier alpha value is -1.68. The highest BCUT2D eigenvalue weighted by molar-refractivity contribution is 7.89. The molecule has 0 radical (unpaired) electrons. The van der Waals surface area contributed by atoms with Gasteiger partial charge in [0.15, 0.2) is 6.54 Å². The molecule has 1 aromatic carbocycles. The van der Waals surface area contributed by atoms with E-state index in [-0.39, 0.29) is 23.0 Å². The molecule has 1 aliphatic heterocycles. The number of hydrogen-bond acceptors (Lipinski definition) is 5. The number of rotatable bonds is 8. The Labute approximate surface area is 174 Å². The Morgan fingerprint density at radius 3 is 2.28 bits per heavy atom. The van der Waals surface area contributed by atoms with Gasteiger partial charge in [-0.3, -0.25) is 4.79 Å². The van der Waals surface area contributed by atoms with Gasteiger partial charge >= 0.3 is 0 Å². The number of benzene rings is 1. The average molecular weight is 428 g/mol. The molecular formula is C20H35N4O4S+. The van der Waals surface area contributed by atoms with E-state index in [1.165, 1.54) is 4.31 Å². The standard InChI is InChI=1S/C20H34N4O4S/c1-7-24(8-2)29(26,27)17-9-10-19(22(5)6)18(11-17)21-20(25)14-23-12-15(3)28-16(4)13-23/h9-11,15-16H,7-8,12-14H2,1-6H3,(H,21,25)/p+1/t15-,16-/m1/s1. The predicted molar refractivity (Wildman–Crippen MR) is 115 cm³/mol. The first kappa shape index (κ1) is 23.6. The number of amides is 1. The highest BCUT2D eigenvalue weighted by atomic mass is 32.2. The van der Waals surface area contributed by atoms with Gasteiger partial charge in [0.2, 0.25) is 10.0 Å². The maximum Gasteiger partial charge on any atom is 0.279 e. The summed E-state index contributed by atoms with van der Waals surface area (Å²) in [5.41, 5.74) is 1.26. The van der Waals surface area contributed by atoms with E-state index in [0.717, 1.165) is 23.7 Å². The molecule has 2 rings (SSSR count). The van der Waals surface area contributed by atoms with E-state index in [1.54, 1.807) is 18.2 Å². The highest BCUT2D eigenvalue weighted by Crippen LogP contribution is 2.29. The number of hydrogen-bond donors (Lipinski definition) is 2. The van der Waals surface area contributed by atoms with Crippen molar-refractivity contribution >= 4 is 27.3 Å². The van der Waals surface area contributed by atoms with Gasteiger partial charge in [0.1, 0.15) is 25.3 Å². The van der Waals surface area contributed by atoms with Crippen LogP contribution in [0.5, 0.6) is 0 Å². The molecule has 0 unspecified atom stereocenters. The van der Waals surface area contributed by atoms with Gasteiger partial charge in [-0.1, -0.05) is 13.8 Å². The van der Waals surface area contributed by atoms with E-state index < -0.39 is 10.0 Å². The Morgan fingerprint density at radius 1 is 1.17 bits per heavy atom. The molecule has 0 aromatic heterocycles. The fourth-order valence-corrected chi connectivity index (χ4v) is 5.32. The number of nitrogens with zero attached hydrogens (tertiary/aromatic N) is 2. The predicted octanol–water partition coefficient (Wildman–Crippen LogP) is 0.414. The lowest BCUT2D eigenvalue weighted by Gasteiger charge is -2.32. The molecule has 0 aliphatic carbocycles. The summed E-state index contributed by atoms with van der Waals surface area (Å²) in [6, 6.07) is 4.88. The molecule has 1 aliphatic rings. The average Bonchev–Trinajstić information content (AvgIpc) is 2.61. The largest absolute Gasteiger partial charge is 0.376 e. The third-order valence-electron chi connectivity index (χ3n) is 5.09. The number of anilines is 2. The number of morpholine rings is 1. The van der Waals surface area contributed by atoms with Crippen molar-refractivity contribution in [2.24, 2.45) is 0 Å². The van der Waals surface area contributed by atoms with Gasteiger partial charge in [-0.2, -0.15) is 4.31 Å². The second-order valence-electron chi connectivity index (χ2n) is 7.80. The van der Waals surface area contributed by atoms with Gasteiger partial charge in [0.25, 0.3) is 5.91 Å². The van der Waals surface area contributed by atoms with Crippen LogP contribution in [0.15, 0.2) is 23.1 Å². The van der Waals surface area contributed by atoms with Crippen molar-refractivity contribution in [3.8, 4) is 0 Å². The van der Waals surface area contributed by atoms with Crippen LogP contribution in [0.4, 0.5) is 11.4 Å². The van der Waals surface area contributed by atoms with E-state index in [0.29, 0.717) is 25.3 Å². The minimum Gasteiger partial charge on any atom is -0.376 e. The number of carbonyl (C=O) groups is 1. The van der Waals surface area contributed by atoms with E-state index in [4.69, 9.17) is 4.74 Å². The van der Waals surface area contributed by atoms with E-state index in [1.807, 2.05) is 46.7 Å². The Kier molecular flexibility index (Phi) is 8.04. The van der Waals surface area contributed by atoms with Crippen LogP contribution in [0.3, 0.4) is 0 Å². The van der Waals surface area contributed by atoms with Crippen LogP contribution in [0.25, 0.3) is 0 Å². The Bertz CT molecular complexity index is 799. The zero-order valence-electron chi connectivity index (χ0n) is 18.4. The van der Waals surface area contributed by atoms with Crippen molar-refractivity contribution in [1.29, 1.82) is 0 Å². The van der Waals surface area contributed by atoms with Crippen LogP contribution < -0.4 is 15.1 Å². The summed E-state index contributed by atoms with van der Waals surface area (Å²) in [4.78, 5) is 15.9. The first-order valence-corrected chi connectivity index (χ1v) is 11.6. The van der Waals surface area contributed by atoms with Gasteiger partial charge in [0, 0.05) is 27.2 Å². The molecule has 164 valence electrons. The van der Waals surface area contributed by atoms with Crippen molar-refractivity contribution in [2.75, 3.05) is 57.0 Å². The van der Waals surface area contributed by atoms with Crippen molar-refractivity contribution in [2.45, 2.75) is 44.8 Å². The van der Waals surface area contributed by atoms with Crippen LogP contribution in [-0.2, 0) is 19.6 Å². The molecule has 9 heteroatoms. The lowest BCUT2D eigenvalue weighted by molar-refractivity contribution is -0.907. The van der Waals surface area contributed by atoms with Crippen LogP contribution in [0.2, 0.25) is 0 Å². The molecule has 1 heterocycles. The number of quaternary nitrogens is 1. The molecule has 1 fully saturated rings. The molecule has 0 saturated carbocycles. The summed E-state index contributed by atoms with van der Waals surface area (Å²) in [5.74, 6) is -0.137. The summed E-state index contributed by atoms with van der Waals surface area (Å²) < 4.78 is 32.9. The second-order valence-corrected chi connectivity index (χ2v) is 9.74. The molecule has 0 spiro atoms. The summed E-state index contributed by atoms with van der Waals surface area (Å²) in [6.07, 6.45) is 0.225. The van der Waals surface area contributed by atoms with Crippen LogP contribution in [0, 0.1) is 0 Å². The maximum absolute atomic E-state index is 12.9. The molecule has 0 bridgehead atoms. The molecule has 2 atom stereocenters. The molecule has 2 N–H and O–H groups in total. The van der Waals surface area contributed by atoms with Crippen molar-refractivity contribution in [3.63, 3.8) is 0 Å². The topological polar surface area (TPSA) is 83.4 Å². The normalized spacial score (nSPS) is 22.5. The van der Waals surface area contributed by atoms with Crippen molar-refractivity contribution in [1.82, 2.24) is 4.31 Å². The molecule has 8 nitrogen and oxygen atoms in total. The summed E-state index contributed by atoms with van der Waals surface area (Å²) in [5, 5.41) is 2.93. The van der Waals surface area contributed by atoms with Crippen molar-refractivity contribution in [3.05, 3.63) is 18.2 Å². The Morgan fingerprint density at radius 2 is 1.76 bits per heavy atom. The van der Waals surface area contributed by atoms with Gasteiger partial charge in [-0.05, 0) is 32.0 Å². The monoisotopic (exact) mass is 427 g/mol. The van der Waals surface area contributed by atoms with Gasteiger partial charge < -0.3 is 19.9 Å². The minimum atomic E-state index is -3.60. The summed E-state index contributed by atoms with van der Waals surface area (Å²) in [7, 11) is 0.121. The second kappa shape index (κ2) is 9.88.